The van der Waals surface area contributed by atoms with Gasteiger partial charge in [-0.1, -0.05) is 12.1 Å². The first-order chi connectivity index (χ1) is 13.4. The van der Waals surface area contributed by atoms with Crippen LogP contribution >= 0.6 is 27.9 Å². The van der Waals surface area contributed by atoms with E-state index in [1.807, 2.05) is 0 Å². The number of halogens is 2. The number of amides is 1. The first kappa shape index (κ1) is 19.9. The highest BCUT2D eigenvalue weighted by atomic mass is 79.9. The Hall–Kier alpha value is -2.84. The van der Waals surface area contributed by atoms with E-state index in [2.05, 4.69) is 26.0 Å². The summed E-state index contributed by atoms with van der Waals surface area (Å²) in [5, 5.41) is 11.9. The van der Waals surface area contributed by atoms with E-state index < -0.39 is 11.9 Å². The molecule has 0 bridgehead atoms. The lowest BCUT2D eigenvalue weighted by atomic mass is 10.1. The zero-order valence-corrected chi connectivity index (χ0v) is 16.7. The molecule has 142 valence electrons. The second-order valence-electron chi connectivity index (χ2n) is 5.66. The van der Waals surface area contributed by atoms with Gasteiger partial charge in [0.15, 0.2) is 0 Å². The fourth-order valence-corrected chi connectivity index (χ4v) is 3.53. The molecule has 1 amide bonds. The van der Waals surface area contributed by atoms with E-state index in [-0.39, 0.29) is 17.1 Å². The van der Waals surface area contributed by atoms with Gasteiger partial charge in [0.05, 0.1) is 11.3 Å². The summed E-state index contributed by atoms with van der Waals surface area (Å²) in [5.41, 5.74) is 1.32. The Labute approximate surface area is 173 Å². The predicted octanol–water partition coefficient (Wildman–Crippen LogP) is 5.66. The smallest absolute Gasteiger partial charge is 0.337 e. The van der Waals surface area contributed by atoms with Crippen LogP contribution in [0.2, 0.25) is 0 Å². The molecule has 0 aliphatic heterocycles. The van der Waals surface area contributed by atoms with E-state index in [1.165, 1.54) is 36.2 Å². The van der Waals surface area contributed by atoms with Crippen molar-refractivity contribution in [1.82, 2.24) is 0 Å². The van der Waals surface area contributed by atoms with Crippen LogP contribution in [0.15, 0.2) is 76.1 Å². The van der Waals surface area contributed by atoms with Crippen molar-refractivity contribution in [2.75, 3.05) is 10.0 Å². The van der Waals surface area contributed by atoms with Crippen LogP contribution < -0.4 is 10.0 Å². The Balaban J connectivity index is 1.76. The summed E-state index contributed by atoms with van der Waals surface area (Å²) in [6, 6.07) is 17.1. The number of carbonyl (C=O) groups excluding carboxylic acids is 1. The molecule has 8 heteroatoms. The van der Waals surface area contributed by atoms with Gasteiger partial charge in [-0.3, -0.25) is 4.79 Å². The van der Waals surface area contributed by atoms with Gasteiger partial charge in [-0.2, -0.15) is 0 Å². The molecule has 0 radical (unpaired) electrons. The molecule has 0 aliphatic rings. The highest BCUT2D eigenvalue weighted by Crippen LogP contribution is 2.30. The lowest BCUT2D eigenvalue weighted by Gasteiger charge is -2.11. The Morgan fingerprint density at radius 1 is 1.00 bits per heavy atom. The maximum absolute atomic E-state index is 13.0. The number of aromatic carboxylic acids is 1. The van der Waals surface area contributed by atoms with E-state index in [1.54, 1.807) is 42.5 Å². The lowest BCUT2D eigenvalue weighted by molar-refractivity contribution is 0.0698. The lowest BCUT2D eigenvalue weighted by Crippen LogP contribution is -2.14. The number of anilines is 2. The highest BCUT2D eigenvalue weighted by Gasteiger charge is 2.14. The van der Waals surface area contributed by atoms with Crippen molar-refractivity contribution in [3.05, 3.63) is 88.1 Å². The minimum atomic E-state index is -1.12. The fourth-order valence-electron chi connectivity index (χ4n) is 2.33. The summed E-state index contributed by atoms with van der Waals surface area (Å²) in [4.78, 5) is 24.6. The second kappa shape index (κ2) is 8.90. The first-order valence-electron chi connectivity index (χ1n) is 8.05. The van der Waals surface area contributed by atoms with E-state index in [0.717, 1.165) is 9.37 Å². The van der Waals surface area contributed by atoms with Crippen molar-refractivity contribution in [2.24, 2.45) is 0 Å². The Morgan fingerprint density at radius 3 is 2.43 bits per heavy atom. The number of carboxylic acids is 1. The zero-order chi connectivity index (χ0) is 20.1. The van der Waals surface area contributed by atoms with Gasteiger partial charge in [0.2, 0.25) is 0 Å². The molecule has 0 saturated carbocycles. The van der Waals surface area contributed by atoms with E-state index in [4.69, 9.17) is 0 Å². The molecule has 3 aromatic carbocycles. The summed E-state index contributed by atoms with van der Waals surface area (Å²) >= 11 is 4.69. The molecule has 3 aromatic rings. The monoisotopic (exact) mass is 460 g/mol. The fraction of sp³-hybridized carbons (Fsp3) is 0. The van der Waals surface area contributed by atoms with Crippen molar-refractivity contribution in [3.63, 3.8) is 0 Å². The van der Waals surface area contributed by atoms with Gasteiger partial charge < -0.3 is 15.1 Å². The minimum Gasteiger partial charge on any atom is -0.478 e. The molecule has 0 aliphatic carbocycles. The van der Waals surface area contributed by atoms with Gasteiger partial charge in [-0.15, -0.1) is 0 Å². The molecule has 0 atom stereocenters. The third-order valence-corrected chi connectivity index (χ3v) is 5.57. The molecule has 3 N–H and O–H groups in total. The van der Waals surface area contributed by atoms with Gasteiger partial charge in [0, 0.05) is 20.6 Å². The van der Waals surface area contributed by atoms with Gasteiger partial charge in [-0.05, 0) is 82.5 Å². The maximum atomic E-state index is 13.0. The Kier molecular flexibility index (Phi) is 6.33. The van der Waals surface area contributed by atoms with Gasteiger partial charge in [0.25, 0.3) is 5.91 Å². The number of rotatable bonds is 6. The summed E-state index contributed by atoms with van der Waals surface area (Å²) in [7, 11) is 0. The van der Waals surface area contributed by atoms with Crippen molar-refractivity contribution < 1.29 is 19.1 Å². The van der Waals surface area contributed by atoms with E-state index in [0.29, 0.717) is 11.3 Å². The number of benzene rings is 3. The quantitative estimate of drug-likeness (QED) is 0.413. The predicted molar refractivity (Wildman–Crippen MR) is 111 cm³/mol. The Morgan fingerprint density at radius 2 is 1.71 bits per heavy atom. The van der Waals surface area contributed by atoms with Crippen LogP contribution in [0.3, 0.4) is 0 Å². The van der Waals surface area contributed by atoms with Crippen LogP contribution in [0.1, 0.15) is 20.7 Å². The molecule has 0 fully saturated rings. The van der Waals surface area contributed by atoms with Crippen LogP contribution in [0.5, 0.6) is 0 Å². The number of para-hydroxylation sites is 1. The molecule has 0 spiro atoms. The number of carbonyl (C=O) groups is 2. The average Bonchev–Trinajstić information content (AvgIpc) is 2.68. The third kappa shape index (κ3) is 4.90. The zero-order valence-electron chi connectivity index (χ0n) is 14.3. The molecule has 0 heterocycles. The minimum absolute atomic E-state index is 0.0144. The van der Waals surface area contributed by atoms with Crippen LogP contribution in [0, 0.1) is 5.82 Å². The summed E-state index contributed by atoms with van der Waals surface area (Å²) < 4.78 is 16.8. The Bertz CT molecular complexity index is 1030. The van der Waals surface area contributed by atoms with Crippen LogP contribution in [0.4, 0.5) is 15.8 Å². The molecule has 0 saturated heterocycles. The second-order valence-corrected chi connectivity index (χ2v) is 7.36. The molecule has 3 rings (SSSR count). The van der Waals surface area contributed by atoms with Crippen LogP contribution in [-0.4, -0.2) is 17.0 Å². The van der Waals surface area contributed by atoms with Gasteiger partial charge >= 0.3 is 5.97 Å². The standard InChI is InChI=1S/C20H14BrFN2O3S/c21-16-10-5-12(11-18(16)28-24-14-8-6-13(22)7-9-14)19(25)23-17-4-2-1-3-15(17)20(26)27/h1-11,24H,(H,23,25)(H,26,27). The summed E-state index contributed by atoms with van der Waals surface area (Å²) in [6.45, 7) is 0. The normalized spacial score (nSPS) is 10.4. The van der Waals surface area contributed by atoms with Gasteiger partial charge in [0.1, 0.15) is 5.82 Å². The SMILES string of the molecule is O=C(Nc1ccccc1C(=O)O)c1ccc(Br)c(SNc2ccc(F)cc2)c1. The van der Waals surface area contributed by atoms with Crippen molar-refractivity contribution >= 4 is 51.1 Å². The number of hydrogen-bond acceptors (Lipinski definition) is 4. The molecule has 0 aromatic heterocycles. The van der Waals surface area contributed by atoms with Crippen molar-refractivity contribution in [3.8, 4) is 0 Å². The molecule has 5 nitrogen and oxygen atoms in total. The molecular weight excluding hydrogens is 447 g/mol. The third-order valence-electron chi connectivity index (χ3n) is 3.72. The highest BCUT2D eigenvalue weighted by molar-refractivity contribution is 9.10. The molecule has 0 unspecified atom stereocenters. The summed E-state index contributed by atoms with van der Waals surface area (Å²) in [6.07, 6.45) is 0. The summed E-state index contributed by atoms with van der Waals surface area (Å²) in [5.74, 6) is -1.87. The first-order valence-corrected chi connectivity index (χ1v) is 9.66. The number of hydrogen-bond donors (Lipinski definition) is 3. The van der Waals surface area contributed by atoms with E-state index in [9.17, 15) is 19.1 Å². The van der Waals surface area contributed by atoms with Crippen LogP contribution in [0.25, 0.3) is 0 Å². The molecular formula is C20H14BrFN2O3S. The van der Waals surface area contributed by atoms with Crippen LogP contribution in [-0.2, 0) is 0 Å². The average molecular weight is 461 g/mol. The van der Waals surface area contributed by atoms with E-state index >= 15 is 0 Å². The number of carboxylic acid groups (broad SMARTS) is 1. The maximum Gasteiger partial charge on any atom is 0.337 e. The van der Waals surface area contributed by atoms with Crippen molar-refractivity contribution in [2.45, 2.75) is 4.90 Å². The topological polar surface area (TPSA) is 78.4 Å². The largest absolute Gasteiger partial charge is 0.478 e. The van der Waals surface area contributed by atoms with Gasteiger partial charge in [-0.25, -0.2) is 9.18 Å². The van der Waals surface area contributed by atoms with Crippen molar-refractivity contribution in [1.29, 1.82) is 0 Å². The molecule has 28 heavy (non-hydrogen) atoms. The number of nitrogens with one attached hydrogen (secondary N) is 2.